The number of ether oxygens (including phenoxy) is 1. The molecule has 6 N–H and O–H groups in total. The lowest BCUT2D eigenvalue weighted by Gasteiger charge is -2.31. The van der Waals surface area contributed by atoms with E-state index in [1.807, 2.05) is 88.0 Å². The molecule has 1 fully saturated rings. The van der Waals surface area contributed by atoms with Crippen molar-refractivity contribution in [2.75, 3.05) is 39.5 Å². The van der Waals surface area contributed by atoms with E-state index in [1.54, 1.807) is 12.1 Å². The summed E-state index contributed by atoms with van der Waals surface area (Å²) in [5, 5.41) is 31.6. The van der Waals surface area contributed by atoms with Gasteiger partial charge in [-0.1, -0.05) is 95.3 Å². The number of aliphatic hydroxyl groups is 2. The molecule has 4 amide bonds. The quantitative estimate of drug-likeness (QED) is 0.118. The SMILES string of the molecule is CC(C)C[C@H](NC(=O)C(Cc1ccccc1)NC(=O)C(CC(C)(C)C)NC(=O)C(CCc1ccccc1)NC(=O)CN1CCOCC1)C(=O)C(C)(O)CO. The van der Waals surface area contributed by atoms with Gasteiger partial charge in [0, 0.05) is 19.5 Å². The van der Waals surface area contributed by atoms with E-state index in [-0.39, 0.29) is 44.1 Å². The molecule has 13 heteroatoms. The second-order valence-electron chi connectivity index (χ2n) is 16.1. The molecule has 13 nitrogen and oxygen atoms in total. The van der Waals surface area contributed by atoms with Crippen molar-refractivity contribution in [1.82, 2.24) is 26.2 Å². The van der Waals surface area contributed by atoms with E-state index in [1.165, 1.54) is 6.92 Å². The number of carbonyl (C=O) groups is 5. The molecule has 1 aliphatic rings. The number of morpholine rings is 1. The molecular weight excluding hydrogens is 690 g/mol. The summed E-state index contributed by atoms with van der Waals surface area (Å²) >= 11 is 0. The Hall–Kier alpha value is -4.17. The van der Waals surface area contributed by atoms with Gasteiger partial charge in [-0.15, -0.1) is 0 Å². The number of aryl methyl sites for hydroxylation is 1. The topological polar surface area (TPSA) is 186 Å². The van der Waals surface area contributed by atoms with E-state index in [4.69, 9.17) is 4.74 Å². The predicted octanol–water partition coefficient (Wildman–Crippen LogP) is 1.93. The first-order chi connectivity index (χ1) is 25.5. The summed E-state index contributed by atoms with van der Waals surface area (Å²) < 4.78 is 5.40. The molecule has 2 aromatic carbocycles. The van der Waals surface area contributed by atoms with Crippen LogP contribution in [0.15, 0.2) is 60.7 Å². The van der Waals surface area contributed by atoms with Gasteiger partial charge in [0.1, 0.15) is 23.7 Å². The average molecular weight is 752 g/mol. The number of carbonyl (C=O) groups excluding carboxylic acids is 5. The zero-order valence-electron chi connectivity index (χ0n) is 32.7. The molecule has 1 aliphatic heterocycles. The highest BCUT2D eigenvalue weighted by Crippen LogP contribution is 2.22. The summed E-state index contributed by atoms with van der Waals surface area (Å²) in [5.41, 5.74) is -0.781. The first kappa shape index (κ1) is 44.2. The van der Waals surface area contributed by atoms with Crippen LogP contribution in [0.5, 0.6) is 0 Å². The van der Waals surface area contributed by atoms with E-state index in [2.05, 4.69) is 21.3 Å². The molecule has 0 spiro atoms. The van der Waals surface area contributed by atoms with Gasteiger partial charge in [-0.05, 0) is 55.1 Å². The smallest absolute Gasteiger partial charge is 0.243 e. The number of Topliss-reactive ketones (excluding diaryl/α,β-unsaturated/α-hetero) is 1. The van der Waals surface area contributed by atoms with Crippen LogP contribution in [0.1, 0.15) is 71.9 Å². The summed E-state index contributed by atoms with van der Waals surface area (Å²) in [4.78, 5) is 70.6. The maximum absolute atomic E-state index is 14.2. The third-order valence-corrected chi connectivity index (χ3v) is 9.23. The zero-order chi connectivity index (χ0) is 39.9. The van der Waals surface area contributed by atoms with Crippen LogP contribution < -0.4 is 21.3 Å². The summed E-state index contributed by atoms with van der Waals surface area (Å²) in [6.07, 6.45) is 1.27. The van der Waals surface area contributed by atoms with E-state index in [0.29, 0.717) is 32.7 Å². The van der Waals surface area contributed by atoms with Gasteiger partial charge in [0.25, 0.3) is 0 Å². The fourth-order valence-corrected chi connectivity index (χ4v) is 6.28. The molecule has 5 atom stereocenters. The van der Waals surface area contributed by atoms with Crippen molar-refractivity contribution in [3.63, 3.8) is 0 Å². The van der Waals surface area contributed by atoms with Gasteiger partial charge in [-0.2, -0.15) is 0 Å². The summed E-state index contributed by atoms with van der Waals surface area (Å²) in [5.74, 6) is -2.89. The van der Waals surface area contributed by atoms with Gasteiger partial charge in [-0.3, -0.25) is 28.9 Å². The maximum atomic E-state index is 14.2. The van der Waals surface area contributed by atoms with E-state index in [9.17, 15) is 34.2 Å². The monoisotopic (exact) mass is 751 g/mol. The number of nitrogens with one attached hydrogen (secondary N) is 4. The molecule has 1 heterocycles. The largest absolute Gasteiger partial charge is 0.393 e. The van der Waals surface area contributed by atoms with E-state index < -0.39 is 65.3 Å². The Bertz CT molecular complexity index is 1510. The van der Waals surface area contributed by atoms with Crippen LogP contribution in [0, 0.1) is 11.3 Å². The lowest BCUT2D eigenvalue weighted by molar-refractivity contribution is -0.144. The minimum atomic E-state index is -2.08. The van der Waals surface area contributed by atoms with Gasteiger partial charge in [0.05, 0.1) is 32.4 Å². The third-order valence-electron chi connectivity index (χ3n) is 9.23. The van der Waals surface area contributed by atoms with Crippen molar-refractivity contribution >= 4 is 29.4 Å². The zero-order valence-corrected chi connectivity index (χ0v) is 32.7. The number of amides is 4. The Morgan fingerprint density at radius 1 is 0.741 bits per heavy atom. The van der Waals surface area contributed by atoms with Crippen LogP contribution in [0.3, 0.4) is 0 Å². The number of benzene rings is 2. The molecule has 0 aromatic heterocycles. The number of nitrogens with zero attached hydrogens (tertiary/aromatic N) is 1. The Morgan fingerprint density at radius 3 is 1.81 bits per heavy atom. The number of hydrogen-bond acceptors (Lipinski definition) is 9. The molecule has 2 aromatic rings. The van der Waals surface area contributed by atoms with Crippen molar-refractivity contribution in [1.29, 1.82) is 0 Å². The van der Waals surface area contributed by atoms with Gasteiger partial charge >= 0.3 is 0 Å². The molecule has 54 heavy (non-hydrogen) atoms. The molecule has 4 unspecified atom stereocenters. The Labute approximate surface area is 320 Å². The molecule has 0 bridgehead atoms. The first-order valence-corrected chi connectivity index (χ1v) is 18.9. The fourth-order valence-electron chi connectivity index (χ4n) is 6.28. The Kier molecular flexibility index (Phi) is 17.2. The van der Waals surface area contributed by atoms with Crippen LogP contribution in [0.25, 0.3) is 0 Å². The van der Waals surface area contributed by atoms with Gasteiger partial charge < -0.3 is 36.2 Å². The van der Waals surface area contributed by atoms with Crippen molar-refractivity contribution in [3.05, 3.63) is 71.8 Å². The number of hydrogen-bond donors (Lipinski definition) is 6. The lowest BCUT2D eigenvalue weighted by Crippen LogP contribution is -2.60. The molecule has 298 valence electrons. The van der Waals surface area contributed by atoms with Crippen molar-refractivity contribution < 1.29 is 38.9 Å². The second-order valence-corrected chi connectivity index (χ2v) is 16.1. The van der Waals surface area contributed by atoms with Crippen LogP contribution in [-0.2, 0) is 41.6 Å². The number of ketones is 1. The number of aliphatic hydroxyl groups excluding tert-OH is 1. The third kappa shape index (κ3) is 15.3. The van der Waals surface area contributed by atoms with Crippen molar-refractivity contribution in [2.24, 2.45) is 11.3 Å². The Morgan fingerprint density at radius 2 is 1.26 bits per heavy atom. The highest BCUT2D eigenvalue weighted by molar-refractivity contribution is 5.98. The molecule has 1 saturated heterocycles. The number of rotatable bonds is 20. The minimum absolute atomic E-state index is 0.0496. The second kappa shape index (κ2) is 21.1. The standard InChI is InChI=1S/C41H61N5O8/c1-28(2)23-32(36(49)41(6,53)27-47)43-38(51)33(24-30-15-11-8-12-16-30)44-39(52)34(25-40(3,4)5)45-37(50)31(18-17-29-13-9-7-10-14-29)42-35(48)26-46-19-21-54-22-20-46/h7-16,28,31-34,47,53H,17-27H2,1-6H3,(H,42,48)(H,43,51)(H,44,52)(H,45,50)/t31?,32-,33?,34?,41?/m0/s1. The van der Waals surface area contributed by atoms with Gasteiger partial charge in [0.15, 0.2) is 5.78 Å². The van der Waals surface area contributed by atoms with E-state index in [0.717, 1.165) is 11.1 Å². The average Bonchev–Trinajstić information content (AvgIpc) is 3.12. The van der Waals surface area contributed by atoms with E-state index >= 15 is 0 Å². The van der Waals surface area contributed by atoms with Crippen LogP contribution >= 0.6 is 0 Å². The normalized spacial score (nSPS) is 17.0. The maximum Gasteiger partial charge on any atom is 0.243 e. The highest BCUT2D eigenvalue weighted by atomic mass is 16.5. The molecule has 0 radical (unpaired) electrons. The minimum Gasteiger partial charge on any atom is -0.393 e. The van der Waals surface area contributed by atoms with Crippen LogP contribution in [0.2, 0.25) is 0 Å². The summed E-state index contributed by atoms with van der Waals surface area (Å²) in [6, 6.07) is 14.3. The summed E-state index contributed by atoms with van der Waals surface area (Å²) in [7, 11) is 0. The molecule has 0 aliphatic carbocycles. The molecule has 3 rings (SSSR count). The first-order valence-electron chi connectivity index (χ1n) is 18.9. The van der Waals surface area contributed by atoms with Crippen LogP contribution in [-0.4, -0.2) is 114 Å². The molecule has 0 saturated carbocycles. The predicted molar refractivity (Wildman–Crippen MR) is 206 cm³/mol. The van der Waals surface area contributed by atoms with Gasteiger partial charge in [0.2, 0.25) is 23.6 Å². The van der Waals surface area contributed by atoms with Crippen molar-refractivity contribution in [2.45, 2.75) is 103 Å². The van der Waals surface area contributed by atoms with Crippen molar-refractivity contribution in [3.8, 4) is 0 Å². The van der Waals surface area contributed by atoms with Gasteiger partial charge in [-0.25, -0.2) is 0 Å². The van der Waals surface area contributed by atoms with Crippen LogP contribution in [0.4, 0.5) is 0 Å². The molecular formula is C41H61N5O8. The highest BCUT2D eigenvalue weighted by Gasteiger charge is 2.38. The summed E-state index contributed by atoms with van der Waals surface area (Å²) in [6.45, 7) is 12.2. The lowest BCUT2D eigenvalue weighted by atomic mass is 9.87. The fraction of sp³-hybridized carbons (Fsp3) is 0.585. The Balaban J connectivity index is 1.87.